The lowest BCUT2D eigenvalue weighted by atomic mass is 9.97. The maximum absolute atomic E-state index is 13.9. The number of carbonyl (C=O) groups is 1. The molecule has 2 aromatic heterocycles. The summed E-state index contributed by atoms with van der Waals surface area (Å²) in [5.41, 5.74) is 4.56. The number of fused-ring (bicyclic) bond motifs is 1. The fourth-order valence-corrected chi connectivity index (χ4v) is 5.73. The number of hydrogen-bond donors (Lipinski definition) is 4. The fourth-order valence-electron chi connectivity index (χ4n) is 4.14. The van der Waals surface area contributed by atoms with Gasteiger partial charge in [-0.3, -0.25) is 9.32 Å². The molecule has 1 saturated heterocycles. The van der Waals surface area contributed by atoms with Gasteiger partial charge in [0.25, 0.3) is 0 Å². The van der Waals surface area contributed by atoms with Crippen molar-refractivity contribution in [2.75, 3.05) is 26.1 Å². The predicted molar refractivity (Wildman–Crippen MR) is 147 cm³/mol. The van der Waals surface area contributed by atoms with Crippen molar-refractivity contribution >= 4 is 25.1 Å². The number of nitrogens with one attached hydrogen (secondary N) is 1. The minimum absolute atomic E-state index is 0.0403. The molecule has 1 aliphatic heterocycles. The van der Waals surface area contributed by atoms with Gasteiger partial charge in [0.1, 0.15) is 54.2 Å². The van der Waals surface area contributed by atoms with Crippen LogP contribution in [0.2, 0.25) is 0 Å². The fraction of sp³-hybridized carbons (Fsp3) is 0.500. The average Bonchev–Trinajstić information content (AvgIpc) is 3.47. The van der Waals surface area contributed by atoms with Crippen LogP contribution < -0.4 is 15.3 Å². The van der Waals surface area contributed by atoms with Gasteiger partial charge in [0.15, 0.2) is 5.82 Å². The van der Waals surface area contributed by atoms with Crippen molar-refractivity contribution in [3.63, 3.8) is 0 Å². The van der Waals surface area contributed by atoms with Gasteiger partial charge in [-0.05, 0) is 52.0 Å². The van der Waals surface area contributed by atoms with E-state index in [9.17, 15) is 19.6 Å². The highest BCUT2D eigenvalue weighted by Gasteiger charge is 2.54. The molecular formula is C26H36N5O9P. The first-order valence-electron chi connectivity index (χ1n) is 12.9. The van der Waals surface area contributed by atoms with E-state index >= 15 is 0 Å². The van der Waals surface area contributed by atoms with Crippen molar-refractivity contribution in [3.8, 4) is 5.75 Å². The summed E-state index contributed by atoms with van der Waals surface area (Å²) < 4.78 is 43.5. The zero-order valence-electron chi connectivity index (χ0n) is 23.5. The van der Waals surface area contributed by atoms with E-state index in [1.165, 1.54) is 31.8 Å². The molecule has 41 heavy (non-hydrogen) atoms. The third-order valence-corrected chi connectivity index (χ3v) is 8.39. The van der Waals surface area contributed by atoms with Crippen molar-refractivity contribution in [2.45, 2.75) is 63.3 Å². The summed E-state index contributed by atoms with van der Waals surface area (Å²) in [5, 5.41) is 28.7. The third-order valence-electron chi connectivity index (χ3n) is 6.77. The number of aliphatic hydroxyl groups is 2. The highest BCUT2D eigenvalue weighted by atomic mass is 31.2. The van der Waals surface area contributed by atoms with Crippen LogP contribution >= 0.6 is 7.75 Å². The van der Waals surface area contributed by atoms with Crippen LogP contribution in [-0.4, -0.2) is 80.6 Å². The van der Waals surface area contributed by atoms with Crippen LogP contribution in [0.25, 0.3) is 5.52 Å². The van der Waals surface area contributed by atoms with Crippen molar-refractivity contribution in [2.24, 2.45) is 0 Å². The van der Waals surface area contributed by atoms with Crippen molar-refractivity contribution in [3.05, 3.63) is 54.5 Å². The van der Waals surface area contributed by atoms with Gasteiger partial charge < -0.3 is 34.7 Å². The van der Waals surface area contributed by atoms with E-state index in [0.717, 1.165) is 0 Å². The number of ether oxygens (including phenoxy) is 3. The third kappa shape index (κ3) is 6.87. The number of methoxy groups -OCH3 is 1. The van der Waals surface area contributed by atoms with Gasteiger partial charge in [-0.1, -0.05) is 18.2 Å². The molecule has 5 N–H and O–H groups in total. The molecule has 0 amide bonds. The van der Waals surface area contributed by atoms with E-state index in [1.807, 2.05) is 0 Å². The number of para-hydroxylation sites is 1. The van der Waals surface area contributed by atoms with Crippen molar-refractivity contribution < 1.29 is 42.8 Å². The first kappa shape index (κ1) is 30.8. The number of benzene rings is 1. The highest BCUT2D eigenvalue weighted by molar-refractivity contribution is 7.52. The first-order valence-corrected chi connectivity index (χ1v) is 14.4. The maximum atomic E-state index is 13.9. The standard InChI is InChI=1S/C26H36N5O9P/c1-16(24(34)37-13-25(2,3)36-5)30-41(35,40-17-9-7-6-8-10-17)38-14-26(4)22(33)20(32)21(39-26)18-11-12-19-23(27)28-15-29-31(18)19/h6-12,15-16,20-22,32-33H,13-14H2,1-5H3,(H,30,35)(H2,27,28,29)/t16-,20-,21-,22-,26+,41?/m0/s1. The number of aliphatic hydroxyl groups excluding tert-OH is 2. The maximum Gasteiger partial charge on any atom is 0.459 e. The Balaban J connectivity index is 1.52. The summed E-state index contributed by atoms with van der Waals surface area (Å²) in [6.45, 7) is 5.91. The van der Waals surface area contributed by atoms with Gasteiger partial charge in [0, 0.05) is 7.11 Å². The molecule has 14 nitrogen and oxygen atoms in total. The highest BCUT2D eigenvalue weighted by Crippen LogP contribution is 2.48. The molecule has 0 bridgehead atoms. The number of rotatable bonds is 12. The largest absolute Gasteiger partial charge is 0.461 e. The minimum Gasteiger partial charge on any atom is -0.461 e. The summed E-state index contributed by atoms with van der Waals surface area (Å²) in [6, 6.07) is 10.4. The first-order chi connectivity index (χ1) is 19.3. The molecule has 0 spiro atoms. The van der Waals surface area contributed by atoms with Crippen LogP contribution in [0.3, 0.4) is 0 Å². The summed E-state index contributed by atoms with van der Waals surface area (Å²) in [6.07, 6.45) is -2.62. The van der Waals surface area contributed by atoms with Crippen LogP contribution in [0, 0.1) is 0 Å². The predicted octanol–water partition coefficient (Wildman–Crippen LogP) is 2.01. The zero-order chi connectivity index (χ0) is 30.0. The van der Waals surface area contributed by atoms with E-state index in [-0.39, 0.29) is 18.2 Å². The number of anilines is 1. The van der Waals surface area contributed by atoms with Crippen LogP contribution in [-0.2, 0) is 28.1 Å². The van der Waals surface area contributed by atoms with Gasteiger partial charge in [-0.25, -0.2) is 14.1 Å². The number of aromatic nitrogens is 3. The Morgan fingerprint density at radius 2 is 1.98 bits per heavy atom. The Kier molecular flexibility index (Phi) is 9.04. The Morgan fingerprint density at radius 1 is 1.27 bits per heavy atom. The molecule has 6 atom stereocenters. The Bertz CT molecular complexity index is 1400. The molecule has 1 unspecified atom stereocenters. The lowest BCUT2D eigenvalue weighted by Crippen LogP contribution is -2.45. The molecule has 1 aliphatic rings. The van der Waals surface area contributed by atoms with Gasteiger partial charge in [0.2, 0.25) is 0 Å². The number of nitrogen functional groups attached to an aromatic ring is 1. The molecule has 0 aliphatic carbocycles. The number of nitrogens with two attached hydrogens (primary N) is 1. The molecule has 15 heteroatoms. The molecule has 3 aromatic rings. The van der Waals surface area contributed by atoms with E-state index in [4.69, 9.17) is 29.0 Å². The molecule has 1 aromatic carbocycles. The van der Waals surface area contributed by atoms with Crippen molar-refractivity contribution in [1.29, 1.82) is 0 Å². The van der Waals surface area contributed by atoms with Crippen molar-refractivity contribution in [1.82, 2.24) is 19.7 Å². The summed E-state index contributed by atoms with van der Waals surface area (Å²) in [7, 11) is -2.79. The van der Waals surface area contributed by atoms with Gasteiger partial charge >= 0.3 is 13.7 Å². The number of esters is 1. The van der Waals surface area contributed by atoms with Gasteiger partial charge in [-0.15, -0.1) is 0 Å². The second-order valence-electron chi connectivity index (χ2n) is 10.6. The molecular weight excluding hydrogens is 557 g/mol. The monoisotopic (exact) mass is 593 g/mol. The minimum atomic E-state index is -4.29. The topological polar surface area (TPSA) is 189 Å². The summed E-state index contributed by atoms with van der Waals surface area (Å²) in [4.78, 5) is 16.6. The molecule has 0 radical (unpaired) electrons. The molecule has 1 fully saturated rings. The second kappa shape index (κ2) is 12.0. The van der Waals surface area contributed by atoms with Crippen LogP contribution in [0.15, 0.2) is 48.8 Å². The number of hydrogen-bond acceptors (Lipinski definition) is 12. The number of carbonyl (C=O) groups excluding carboxylic acids is 1. The molecule has 4 rings (SSSR count). The normalized spacial score (nSPS) is 25.1. The zero-order valence-corrected chi connectivity index (χ0v) is 24.4. The van der Waals surface area contributed by atoms with Gasteiger partial charge in [-0.2, -0.15) is 10.2 Å². The van der Waals surface area contributed by atoms with Crippen LogP contribution in [0.1, 0.15) is 39.5 Å². The average molecular weight is 594 g/mol. The van der Waals surface area contributed by atoms with E-state index in [2.05, 4.69) is 15.2 Å². The van der Waals surface area contributed by atoms with Gasteiger partial charge in [0.05, 0.1) is 17.9 Å². The quantitative estimate of drug-likeness (QED) is 0.176. The Morgan fingerprint density at radius 3 is 2.66 bits per heavy atom. The second-order valence-corrected chi connectivity index (χ2v) is 12.3. The summed E-state index contributed by atoms with van der Waals surface area (Å²) in [5.74, 6) is -0.276. The Hall–Kier alpha value is -3.10. The van der Waals surface area contributed by atoms with E-state index in [0.29, 0.717) is 11.2 Å². The lowest BCUT2D eigenvalue weighted by molar-refractivity contribution is -0.153. The molecule has 0 saturated carbocycles. The lowest BCUT2D eigenvalue weighted by Gasteiger charge is -2.30. The van der Waals surface area contributed by atoms with E-state index in [1.54, 1.807) is 56.3 Å². The molecule has 3 heterocycles. The SMILES string of the molecule is COC(C)(C)COC(=O)[C@H](C)NP(=O)(OC[C@@]1(C)O[C@@H](c2ccc3c(N)ncnn23)[C@H](O)[C@@H]1O)Oc1ccccc1. The Labute approximate surface area is 237 Å². The van der Waals surface area contributed by atoms with E-state index < -0.39 is 55.9 Å². The smallest absolute Gasteiger partial charge is 0.459 e. The summed E-state index contributed by atoms with van der Waals surface area (Å²) >= 11 is 0. The van der Waals surface area contributed by atoms with Crippen LogP contribution in [0.4, 0.5) is 5.82 Å². The molecule has 224 valence electrons. The number of nitrogens with zero attached hydrogens (tertiary/aromatic N) is 3. The van der Waals surface area contributed by atoms with Crippen LogP contribution in [0.5, 0.6) is 5.75 Å².